The number of hydrogen-bond donors (Lipinski definition) is 2. The number of nitrogens with zero attached hydrogens (tertiary/aromatic N) is 1. The van der Waals surface area contributed by atoms with Crippen LogP contribution in [0.2, 0.25) is 0 Å². The third-order valence-electron chi connectivity index (χ3n) is 5.29. The highest BCUT2D eigenvalue weighted by molar-refractivity contribution is 6.14. The van der Waals surface area contributed by atoms with Crippen molar-refractivity contribution in [3.05, 3.63) is 88.9 Å². The molecule has 0 fully saturated rings. The third-order valence-corrected chi connectivity index (χ3v) is 5.29. The van der Waals surface area contributed by atoms with Gasteiger partial charge in [-0.1, -0.05) is 61.0 Å². The molecule has 1 amide bonds. The van der Waals surface area contributed by atoms with Gasteiger partial charge < -0.3 is 15.1 Å². The van der Waals surface area contributed by atoms with Crippen LogP contribution in [0.3, 0.4) is 0 Å². The maximum absolute atomic E-state index is 14.7. The molecule has 32 heavy (non-hydrogen) atoms. The quantitative estimate of drug-likeness (QED) is 0.423. The first-order valence-electron chi connectivity index (χ1n) is 10.4. The van der Waals surface area contributed by atoms with Crippen LogP contribution in [-0.4, -0.2) is 39.3 Å². The van der Waals surface area contributed by atoms with Gasteiger partial charge in [-0.05, 0) is 30.5 Å². The number of unbranched alkanes of at least 4 members (excludes halogenated alkanes) is 2. The SMILES string of the molecule is O=C(O)CCCCCN1C(=O)C(O)=C(C(=O)/C=C/c2ccccc2)[C@H]1c1ccccc1F. The first-order valence-corrected chi connectivity index (χ1v) is 10.4. The summed E-state index contributed by atoms with van der Waals surface area (Å²) in [6, 6.07) is 13.8. The Kier molecular flexibility index (Phi) is 7.54. The zero-order valence-corrected chi connectivity index (χ0v) is 17.4. The lowest BCUT2D eigenvalue weighted by Gasteiger charge is -2.27. The summed E-state index contributed by atoms with van der Waals surface area (Å²) in [6.07, 6.45) is 4.28. The van der Waals surface area contributed by atoms with Crippen molar-refractivity contribution in [1.82, 2.24) is 4.90 Å². The summed E-state index contributed by atoms with van der Waals surface area (Å²) in [5, 5.41) is 19.3. The molecule has 0 saturated heterocycles. The molecule has 2 aromatic carbocycles. The molecule has 0 radical (unpaired) electrons. The number of carboxylic acids is 1. The Labute approximate surface area is 185 Å². The lowest BCUT2D eigenvalue weighted by Crippen LogP contribution is -2.32. The molecule has 0 aromatic heterocycles. The van der Waals surface area contributed by atoms with Crippen LogP contribution < -0.4 is 0 Å². The van der Waals surface area contributed by atoms with E-state index in [4.69, 9.17) is 5.11 Å². The van der Waals surface area contributed by atoms with Crippen molar-refractivity contribution in [2.45, 2.75) is 31.7 Å². The topological polar surface area (TPSA) is 94.9 Å². The fourth-order valence-electron chi connectivity index (χ4n) is 3.72. The molecule has 1 heterocycles. The highest BCUT2D eigenvalue weighted by atomic mass is 19.1. The molecule has 0 spiro atoms. The molecule has 166 valence electrons. The summed E-state index contributed by atoms with van der Waals surface area (Å²) in [5.41, 5.74) is 0.715. The monoisotopic (exact) mass is 437 g/mol. The molecule has 0 aliphatic carbocycles. The summed E-state index contributed by atoms with van der Waals surface area (Å²) in [7, 11) is 0. The molecular formula is C25H24FNO5. The second-order valence-corrected chi connectivity index (χ2v) is 7.50. The summed E-state index contributed by atoms with van der Waals surface area (Å²) in [6.45, 7) is 0.153. The predicted molar refractivity (Wildman–Crippen MR) is 117 cm³/mol. The van der Waals surface area contributed by atoms with Crippen molar-refractivity contribution in [2.75, 3.05) is 6.54 Å². The standard InChI is InChI=1S/C25H24FNO5/c26-19-12-7-6-11-18(19)23-22(20(28)15-14-17-9-3-1-4-10-17)24(31)25(32)27(23)16-8-2-5-13-21(29)30/h1,3-4,6-7,9-12,14-15,23,31H,2,5,8,13,16H2,(H,29,30)/b15-14+/t23-/m1/s1. The Balaban J connectivity index is 1.87. The molecule has 1 aliphatic heterocycles. The van der Waals surface area contributed by atoms with Crippen molar-refractivity contribution in [2.24, 2.45) is 0 Å². The van der Waals surface area contributed by atoms with E-state index in [2.05, 4.69) is 0 Å². The second kappa shape index (κ2) is 10.5. The van der Waals surface area contributed by atoms with E-state index in [1.165, 1.54) is 29.2 Å². The maximum atomic E-state index is 14.7. The van der Waals surface area contributed by atoms with Crippen LogP contribution in [-0.2, 0) is 14.4 Å². The van der Waals surface area contributed by atoms with Gasteiger partial charge in [0.2, 0.25) is 0 Å². The first-order chi connectivity index (χ1) is 15.4. The smallest absolute Gasteiger partial charge is 0.303 e. The lowest BCUT2D eigenvalue weighted by molar-refractivity contribution is -0.137. The van der Waals surface area contributed by atoms with E-state index < -0.39 is 35.3 Å². The normalized spacial score (nSPS) is 16.2. The van der Waals surface area contributed by atoms with Crippen LogP contribution in [0.5, 0.6) is 0 Å². The number of ketones is 1. The van der Waals surface area contributed by atoms with E-state index in [0.717, 1.165) is 5.56 Å². The molecule has 2 aromatic rings. The Morgan fingerprint density at radius 3 is 2.38 bits per heavy atom. The number of aliphatic carboxylic acids is 1. The Hall–Kier alpha value is -3.74. The van der Waals surface area contributed by atoms with Gasteiger partial charge in [-0.3, -0.25) is 14.4 Å². The average molecular weight is 437 g/mol. The average Bonchev–Trinajstić information content (AvgIpc) is 3.03. The van der Waals surface area contributed by atoms with Gasteiger partial charge in [0.25, 0.3) is 5.91 Å². The third kappa shape index (κ3) is 5.29. The van der Waals surface area contributed by atoms with Crippen LogP contribution in [0.4, 0.5) is 4.39 Å². The highest BCUT2D eigenvalue weighted by Crippen LogP contribution is 2.39. The summed E-state index contributed by atoms with van der Waals surface area (Å²) >= 11 is 0. The Bertz CT molecular complexity index is 1060. The van der Waals surface area contributed by atoms with Crippen molar-refractivity contribution in [1.29, 1.82) is 0 Å². The minimum Gasteiger partial charge on any atom is -0.503 e. The first kappa shape index (κ1) is 22.9. The molecule has 0 saturated carbocycles. The molecule has 2 N–H and O–H groups in total. The number of rotatable bonds is 10. The number of carbonyl (C=O) groups is 3. The lowest BCUT2D eigenvalue weighted by atomic mass is 9.95. The zero-order valence-electron chi connectivity index (χ0n) is 17.4. The van der Waals surface area contributed by atoms with Gasteiger partial charge >= 0.3 is 5.97 Å². The fourth-order valence-corrected chi connectivity index (χ4v) is 3.72. The van der Waals surface area contributed by atoms with E-state index in [9.17, 15) is 23.9 Å². The van der Waals surface area contributed by atoms with Crippen molar-refractivity contribution in [3.8, 4) is 0 Å². The predicted octanol–water partition coefficient (Wildman–Crippen LogP) is 4.45. The summed E-state index contributed by atoms with van der Waals surface area (Å²) in [5.74, 6) is -3.50. The van der Waals surface area contributed by atoms with Gasteiger partial charge in [-0.15, -0.1) is 0 Å². The Morgan fingerprint density at radius 1 is 1.00 bits per heavy atom. The van der Waals surface area contributed by atoms with Gasteiger partial charge in [-0.25, -0.2) is 4.39 Å². The number of aliphatic hydroxyl groups is 1. The molecule has 3 rings (SSSR count). The number of aliphatic hydroxyl groups excluding tert-OH is 1. The van der Waals surface area contributed by atoms with Crippen LogP contribution in [0.25, 0.3) is 6.08 Å². The fraction of sp³-hybridized carbons (Fsp3) is 0.240. The number of allylic oxidation sites excluding steroid dienone is 1. The largest absolute Gasteiger partial charge is 0.503 e. The molecule has 0 bridgehead atoms. The van der Waals surface area contributed by atoms with E-state index in [-0.39, 0.29) is 24.1 Å². The van der Waals surface area contributed by atoms with Crippen molar-refractivity contribution >= 4 is 23.7 Å². The van der Waals surface area contributed by atoms with E-state index in [1.807, 2.05) is 18.2 Å². The minimum atomic E-state index is -1.06. The van der Waals surface area contributed by atoms with Crippen LogP contribution in [0.1, 0.15) is 42.9 Å². The van der Waals surface area contributed by atoms with Crippen molar-refractivity contribution in [3.63, 3.8) is 0 Å². The minimum absolute atomic E-state index is 0.0161. The molecular weight excluding hydrogens is 413 g/mol. The van der Waals surface area contributed by atoms with Crippen molar-refractivity contribution < 1.29 is 29.0 Å². The molecule has 0 unspecified atom stereocenters. The van der Waals surface area contributed by atoms with Gasteiger partial charge in [0, 0.05) is 18.5 Å². The van der Waals surface area contributed by atoms with Gasteiger partial charge in [0.15, 0.2) is 11.5 Å². The zero-order chi connectivity index (χ0) is 23.1. The number of amides is 1. The van der Waals surface area contributed by atoms with Gasteiger partial charge in [0.1, 0.15) is 5.82 Å². The molecule has 1 aliphatic rings. The Morgan fingerprint density at radius 2 is 1.69 bits per heavy atom. The molecule has 6 nitrogen and oxygen atoms in total. The van der Waals surface area contributed by atoms with Gasteiger partial charge in [-0.2, -0.15) is 0 Å². The molecule has 7 heteroatoms. The second-order valence-electron chi connectivity index (χ2n) is 7.50. The molecule has 1 atom stereocenters. The highest BCUT2D eigenvalue weighted by Gasteiger charge is 2.43. The van der Waals surface area contributed by atoms with Crippen LogP contribution in [0, 0.1) is 5.82 Å². The number of carbonyl (C=O) groups excluding carboxylic acids is 2. The number of hydrogen-bond acceptors (Lipinski definition) is 4. The maximum Gasteiger partial charge on any atom is 0.303 e. The van der Waals surface area contributed by atoms with Gasteiger partial charge in [0.05, 0.1) is 11.6 Å². The number of carboxylic acid groups (broad SMARTS) is 1. The number of benzene rings is 2. The summed E-state index contributed by atoms with van der Waals surface area (Å²) < 4.78 is 14.7. The van der Waals surface area contributed by atoms with Crippen LogP contribution >= 0.6 is 0 Å². The van der Waals surface area contributed by atoms with E-state index >= 15 is 0 Å². The van der Waals surface area contributed by atoms with E-state index in [0.29, 0.717) is 19.3 Å². The van der Waals surface area contributed by atoms with E-state index in [1.54, 1.807) is 24.3 Å². The van der Waals surface area contributed by atoms with Crippen LogP contribution in [0.15, 0.2) is 72.0 Å². The number of halogens is 1. The summed E-state index contributed by atoms with van der Waals surface area (Å²) in [4.78, 5) is 37.7.